The van der Waals surface area contributed by atoms with Crippen molar-refractivity contribution in [3.05, 3.63) is 46.3 Å². The van der Waals surface area contributed by atoms with Crippen LogP contribution in [-0.2, 0) is 18.9 Å². The molecule has 8 nitrogen and oxygen atoms in total. The molecule has 1 aromatic rings. The first-order chi connectivity index (χ1) is 11.2. The molecule has 1 N–H and O–H groups in total. The van der Waals surface area contributed by atoms with Crippen molar-refractivity contribution in [3.63, 3.8) is 0 Å². The minimum atomic E-state index is -1.04. The fourth-order valence-corrected chi connectivity index (χ4v) is 2.96. The minimum Gasteiger partial charge on any atom is -0.390 e. The quantitative estimate of drug-likeness (QED) is 0.389. The van der Waals surface area contributed by atoms with Gasteiger partial charge < -0.3 is 24.1 Å². The van der Waals surface area contributed by atoms with Gasteiger partial charge in [-0.05, 0) is 5.53 Å². The average Bonchev–Trinajstić information content (AvgIpc) is 2.59. The van der Waals surface area contributed by atoms with Crippen molar-refractivity contribution < 1.29 is 24.1 Å². The largest absolute Gasteiger partial charge is 0.390 e. The summed E-state index contributed by atoms with van der Waals surface area (Å²) in [5.74, 6) is 0. The van der Waals surface area contributed by atoms with E-state index in [1.54, 1.807) is 0 Å². The van der Waals surface area contributed by atoms with E-state index < -0.39 is 36.9 Å². The van der Waals surface area contributed by atoms with Crippen LogP contribution in [0.1, 0.15) is 11.9 Å². The summed E-state index contributed by atoms with van der Waals surface area (Å²) in [6, 6.07) is 8.55. The van der Waals surface area contributed by atoms with Crippen LogP contribution in [0.25, 0.3) is 10.4 Å². The number of fused-ring (bicyclic) bond motifs is 1. The van der Waals surface area contributed by atoms with Gasteiger partial charge in [-0.15, -0.1) is 9.24 Å². The lowest BCUT2D eigenvalue weighted by atomic mass is 9.96. The number of aliphatic hydroxyl groups is 1. The predicted octanol–water partition coefficient (Wildman–Crippen LogP) is 1.71. The maximum absolute atomic E-state index is 10.5. The Hall–Kier alpha value is -1.24. The summed E-state index contributed by atoms with van der Waals surface area (Å²) in [5.41, 5.74) is 9.56. The Labute approximate surface area is 135 Å². The van der Waals surface area contributed by atoms with Crippen LogP contribution in [0.4, 0.5) is 0 Å². The maximum atomic E-state index is 10.5. The SMILES string of the molecule is [N-]=[N+]=NC1[C@@H](OCP)OC2COC(c3ccccc3)O[C@H]2[C@@H]1O. The Morgan fingerprint density at radius 1 is 1.35 bits per heavy atom. The fraction of sp³-hybridized carbons (Fsp3) is 0.571. The lowest BCUT2D eigenvalue weighted by Gasteiger charge is -2.46. The molecule has 0 radical (unpaired) electrons. The maximum Gasteiger partial charge on any atom is 0.184 e. The first-order valence-electron chi connectivity index (χ1n) is 7.26. The molecule has 124 valence electrons. The van der Waals surface area contributed by atoms with Crippen LogP contribution in [-0.4, -0.2) is 48.7 Å². The number of hydrogen-bond donors (Lipinski definition) is 1. The molecule has 3 rings (SSSR count). The van der Waals surface area contributed by atoms with Gasteiger partial charge in [0.1, 0.15) is 18.2 Å². The number of aliphatic hydroxyl groups excluding tert-OH is 1. The number of nitrogens with zero attached hydrogens (tertiary/aromatic N) is 3. The summed E-state index contributed by atoms with van der Waals surface area (Å²) in [4.78, 5) is 2.77. The molecule has 0 bridgehead atoms. The van der Waals surface area contributed by atoms with Crippen LogP contribution in [0, 0.1) is 0 Å². The Morgan fingerprint density at radius 2 is 2.13 bits per heavy atom. The highest BCUT2D eigenvalue weighted by Crippen LogP contribution is 2.35. The number of benzene rings is 1. The highest BCUT2D eigenvalue weighted by Gasteiger charge is 2.49. The van der Waals surface area contributed by atoms with Crippen LogP contribution in [0.15, 0.2) is 35.4 Å². The Morgan fingerprint density at radius 3 is 2.83 bits per heavy atom. The molecule has 2 aliphatic heterocycles. The molecule has 0 saturated carbocycles. The molecule has 1 aromatic carbocycles. The first-order valence-corrected chi connectivity index (χ1v) is 8.07. The number of rotatable bonds is 4. The Balaban J connectivity index is 1.77. The zero-order chi connectivity index (χ0) is 16.2. The van der Waals surface area contributed by atoms with E-state index in [1.807, 2.05) is 30.3 Å². The van der Waals surface area contributed by atoms with Crippen LogP contribution in [0.2, 0.25) is 0 Å². The Kier molecular flexibility index (Phi) is 5.46. The van der Waals surface area contributed by atoms with E-state index in [4.69, 9.17) is 24.5 Å². The third-order valence-electron chi connectivity index (χ3n) is 3.85. The van der Waals surface area contributed by atoms with E-state index in [-0.39, 0.29) is 6.61 Å². The van der Waals surface area contributed by atoms with Gasteiger partial charge in [-0.1, -0.05) is 35.4 Å². The third kappa shape index (κ3) is 3.49. The fourth-order valence-electron chi connectivity index (χ4n) is 2.77. The third-order valence-corrected chi connectivity index (χ3v) is 4.04. The van der Waals surface area contributed by atoms with E-state index in [1.165, 1.54) is 0 Å². The summed E-state index contributed by atoms with van der Waals surface area (Å²) in [6.07, 6.45) is -3.32. The first kappa shape index (κ1) is 16.6. The summed E-state index contributed by atoms with van der Waals surface area (Å²) in [7, 11) is 2.39. The van der Waals surface area contributed by atoms with E-state index in [2.05, 4.69) is 19.3 Å². The zero-order valence-corrected chi connectivity index (χ0v) is 13.4. The lowest BCUT2D eigenvalue weighted by molar-refractivity contribution is -0.339. The van der Waals surface area contributed by atoms with Crippen molar-refractivity contribution in [1.82, 2.24) is 0 Å². The molecule has 2 aliphatic rings. The van der Waals surface area contributed by atoms with Crippen molar-refractivity contribution >= 4 is 9.24 Å². The lowest BCUT2D eigenvalue weighted by Crippen LogP contribution is -2.61. The molecule has 0 aromatic heterocycles. The highest BCUT2D eigenvalue weighted by molar-refractivity contribution is 7.16. The molecule has 2 saturated heterocycles. The summed E-state index contributed by atoms with van der Waals surface area (Å²) in [6.45, 7) is 0.251. The molecule has 4 unspecified atom stereocenters. The van der Waals surface area contributed by atoms with Crippen molar-refractivity contribution in [1.29, 1.82) is 0 Å². The second kappa shape index (κ2) is 7.55. The topological polar surface area (TPSA) is 106 Å². The Bertz CT molecular complexity index is 571. The van der Waals surface area contributed by atoms with Crippen LogP contribution < -0.4 is 0 Å². The predicted molar refractivity (Wildman–Crippen MR) is 83.3 cm³/mol. The minimum absolute atomic E-state index is 0.251. The molecule has 0 spiro atoms. The standard InChI is InChI=1S/C14H18N3O5P/c15-17-16-10-11(18)12-9(21-14(10)20-7-23)6-19-13(22-12)8-4-2-1-3-5-8/h1-5,9-14,18H,6-7,23H2/t9?,10?,11-,12-,13?,14+/m1/s1. The second-order valence-corrected chi connectivity index (χ2v) is 5.57. The molecule has 23 heavy (non-hydrogen) atoms. The molecule has 2 fully saturated rings. The molecule has 0 amide bonds. The van der Waals surface area contributed by atoms with E-state index in [9.17, 15) is 5.11 Å². The molecular formula is C14H18N3O5P. The molecule has 7 atom stereocenters. The van der Waals surface area contributed by atoms with Crippen molar-refractivity contribution in [2.45, 2.75) is 36.9 Å². The van der Waals surface area contributed by atoms with Gasteiger partial charge in [-0.2, -0.15) is 0 Å². The summed E-state index contributed by atoms with van der Waals surface area (Å²) in [5, 5.41) is 14.1. The van der Waals surface area contributed by atoms with Crippen LogP contribution in [0.5, 0.6) is 0 Å². The number of hydrogen-bond acceptors (Lipinski definition) is 6. The zero-order valence-electron chi connectivity index (χ0n) is 12.3. The van der Waals surface area contributed by atoms with Gasteiger partial charge >= 0.3 is 0 Å². The molecule has 9 heteroatoms. The van der Waals surface area contributed by atoms with Gasteiger partial charge in [0, 0.05) is 10.5 Å². The molecule has 2 heterocycles. The van der Waals surface area contributed by atoms with Crippen molar-refractivity contribution in [3.8, 4) is 0 Å². The van der Waals surface area contributed by atoms with Gasteiger partial charge in [0.2, 0.25) is 0 Å². The summed E-state index contributed by atoms with van der Waals surface area (Å²) < 4.78 is 22.7. The van der Waals surface area contributed by atoms with E-state index >= 15 is 0 Å². The van der Waals surface area contributed by atoms with Gasteiger partial charge in [0.05, 0.1) is 19.1 Å². The monoisotopic (exact) mass is 339 g/mol. The normalized spacial score (nSPS) is 36.8. The van der Waals surface area contributed by atoms with Crippen molar-refractivity contribution in [2.24, 2.45) is 5.11 Å². The van der Waals surface area contributed by atoms with Gasteiger partial charge in [0.15, 0.2) is 12.6 Å². The van der Waals surface area contributed by atoms with Crippen LogP contribution in [0.3, 0.4) is 0 Å². The molecular weight excluding hydrogens is 321 g/mol. The van der Waals surface area contributed by atoms with Gasteiger partial charge in [-0.3, -0.25) is 0 Å². The van der Waals surface area contributed by atoms with E-state index in [0.717, 1.165) is 5.56 Å². The molecule has 0 aliphatic carbocycles. The smallest absolute Gasteiger partial charge is 0.184 e. The van der Waals surface area contributed by atoms with Crippen LogP contribution >= 0.6 is 9.24 Å². The highest BCUT2D eigenvalue weighted by atomic mass is 31.0. The van der Waals surface area contributed by atoms with Crippen molar-refractivity contribution in [2.75, 3.05) is 13.0 Å². The number of ether oxygens (including phenoxy) is 4. The second-order valence-electron chi connectivity index (χ2n) is 5.24. The van der Waals surface area contributed by atoms with Gasteiger partial charge in [-0.25, -0.2) is 0 Å². The number of azide groups is 1. The van der Waals surface area contributed by atoms with E-state index in [0.29, 0.717) is 6.35 Å². The summed E-state index contributed by atoms with van der Waals surface area (Å²) >= 11 is 0. The average molecular weight is 339 g/mol. The van der Waals surface area contributed by atoms with Gasteiger partial charge in [0.25, 0.3) is 0 Å².